The summed E-state index contributed by atoms with van der Waals surface area (Å²) in [4.78, 5) is 31.5. The maximum Gasteiger partial charge on any atom is 0.265 e. The van der Waals surface area contributed by atoms with Crippen molar-refractivity contribution in [2.24, 2.45) is 0 Å². The minimum atomic E-state index is -0.181. The largest absolute Gasteiger partial charge is 0.496 e. The molecule has 7 nitrogen and oxygen atoms in total. The number of thioether (sulfide) groups is 1. The summed E-state index contributed by atoms with van der Waals surface area (Å²) in [5.41, 5.74) is 1.63. The Morgan fingerprint density at radius 1 is 1.24 bits per heavy atom. The van der Waals surface area contributed by atoms with Crippen LogP contribution in [0, 0.1) is 0 Å². The molecular formula is C25H28BrN3O4S. The molecule has 0 atom stereocenters. The molecule has 2 aliphatic heterocycles. The molecule has 0 unspecified atom stereocenters. The Bertz CT molecular complexity index is 1070. The van der Waals surface area contributed by atoms with E-state index >= 15 is 0 Å². The molecule has 0 radical (unpaired) electrons. The molecular weight excluding hydrogens is 518 g/mol. The summed E-state index contributed by atoms with van der Waals surface area (Å²) in [6, 6.07) is 13.3. The average Bonchev–Trinajstić information content (AvgIpc) is 2.85. The molecule has 2 aromatic rings. The maximum absolute atomic E-state index is 13.4. The molecule has 0 aromatic heterocycles. The van der Waals surface area contributed by atoms with Gasteiger partial charge in [0.25, 0.3) is 5.91 Å². The lowest BCUT2D eigenvalue weighted by atomic mass is 10.2. The van der Waals surface area contributed by atoms with Gasteiger partial charge in [0.2, 0.25) is 5.91 Å². The van der Waals surface area contributed by atoms with Gasteiger partial charge in [0, 0.05) is 24.5 Å². The van der Waals surface area contributed by atoms with Gasteiger partial charge in [-0.3, -0.25) is 19.4 Å². The number of anilines is 1. The van der Waals surface area contributed by atoms with Crippen LogP contribution in [-0.2, 0) is 14.3 Å². The molecule has 2 aliphatic rings. The smallest absolute Gasteiger partial charge is 0.265 e. The molecule has 2 heterocycles. The summed E-state index contributed by atoms with van der Waals surface area (Å²) < 4.78 is 11.5. The van der Waals surface area contributed by atoms with E-state index in [-0.39, 0.29) is 18.4 Å². The Kier molecular flexibility index (Phi) is 8.66. The van der Waals surface area contributed by atoms with E-state index in [1.54, 1.807) is 12.0 Å². The standard InChI is InChI=1S/C25H28BrN3O4S/c1-32-21-8-7-18(15-19(21)26)16-23-25(31)29(20-5-2-3-6-22(20)34-23)17-24(30)27-9-4-10-28-11-13-33-14-12-28/h2-3,5-8,15-16H,4,9-14,17H2,1H3,(H,27,30). The molecule has 9 heteroatoms. The van der Waals surface area contributed by atoms with Crippen molar-refractivity contribution in [2.45, 2.75) is 11.3 Å². The monoisotopic (exact) mass is 545 g/mol. The summed E-state index contributed by atoms with van der Waals surface area (Å²) in [6.45, 7) is 4.90. The van der Waals surface area contributed by atoms with Crippen molar-refractivity contribution >= 4 is 51.3 Å². The molecule has 2 amide bonds. The zero-order valence-corrected chi connectivity index (χ0v) is 21.5. The molecule has 2 aromatic carbocycles. The molecule has 0 saturated carbocycles. The van der Waals surface area contributed by atoms with E-state index < -0.39 is 0 Å². The van der Waals surface area contributed by atoms with Gasteiger partial charge in [-0.2, -0.15) is 0 Å². The lowest BCUT2D eigenvalue weighted by molar-refractivity contribution is -0.122. The lowest BCUT2D eigenvalue weighted by Gasteiger charge is -2.30. The van der Waals surface area contributed by atoms with Gasteiger partial charge in [-0.25, -0.2) is 0 Å². The fraction of sp³-hybridized carbons (Fsp3) is 0.360. The quantitative estimate of drug-likeness (QED) is 0.402. The highest BCUT2D eigenvalue weighted by atomic mass is 79.9. The van der Waals surface area contributed by atoms with Gasteiger partial charge < -0.3 is 14.8 Å². The molecule has 180 valence electrons. The number of benzene rings is 2. The normalized spacial score (nSPS) is 17.5. The van der Waals surface area contributed by atoms with E-state index in [0.29, 0.717) is 11.4 Å². The third-order valence-corrected chi connectivity index (χ3v) is 7.38. The SMILES string of the molecule is COc1ccc(C=C2Sc3ccccc3N(CC(=O)NCCCN3CCOCC3)C2=O)cc1Br. The molecule has 1 fully saturated rings. The van der Waals surface area contributed by atoms with Crippen LogP contribution in [-0.4, -0.2) is 69.8 Å². The number of morpholine rings is 1. The average molecular weight is 546 g/mol. The number of nitrogens with one attached hydrogen (secondary N) is 1. The van der Waals surface area contributed by atoms with Crippen LogP contribution >= 0.6 is 27.7 Å². The molecule has 0 bridgehead atoms. The topological polar surface area (TPSA) is 71.1 Å². The van der Waals surface area contributed by atoms with Gasteiger partial charge in [-0.05, 0) is 64.8 Å². The van der Waals surface area contributed by atoms with Crippen molar-refractivity contribution in [3.05, 3.63) is 57.4 Å². The second-order valence-corrected chi connectivity index (χ2v) is 9.96. The minimum absolute atomic E-state index is 0.0163. The highest BCUT2D eigenvalue weighted by molar-refractivity contribution is 9.10. The zero-order chi connectivity index (χ0) is 23.9. The van der Waals surface area contributed by atoms with Crippen molar-refractivity contribution in [1.29, 1.82) is 0 Å². The van der Waals surface area contributed by atoms with Gasteiger partial charge in [-0.1, -0.05) is 30.0 Å². The van der Waals surface area contributed by atoms with Crippen LogP contribution in [0.15, 0.2) is 56.7 Å². The third kappa shape index (κ3) is 6.21. The van der Waals surface area contributed by atoms with Gasteiger partial charge in [0.1, 0.15) is 12.3 Å². The fourth-order valence-corrected chi connectivity index (χ4v) is 5.51. The van der Waals surface area contributed by atoms with Crippen LogP contribution in [0.3, 0.4) is 0 Å². The molecule has 34 heavy (non-hydrogen) atoms. The van der Waals surface area contributed by atoms with Crippen molar-refractivity contribution in [3.8, 4) is 5.75 Å². The van der Waals surface area contributed by atoms with Crippen molar-refractivity contribution in [2.75, 3.05) is 57.9 Å². The van der Waals surface area contributed by atoms with Crippen molar-refractivity contribution in [3.63, 3.8) is 0 Å². The van der Waals surface area contributed by atoms with Gasteiger partial charge >= 0.3 is 0 Å². The number of carbonyl (C=O) groups excluding carboxylic acids is 2. The Morgan fingerprint density at radius 2 is 2.03 bits per heavy atom. The number of carbonyl (C=O) groups is 2. The number of nitrogens with zero attached hydrogens (tertiary/aromatic N) is 2. The minimum Gasteiger partial charge on any atom is -0.496 e. The second-order valence-electron chi connectivity index (χ2n) is 8.02. The number of halogens is 1. The van der Waals surface area contributed by atoms with E-state index in [0.717, 1.165) is 65.6 Å². The third-order valence-electron chi connectivity index (χ3n) is 5.68. The van der Waals surface area contributed by atoms with Crippen molar-refractivity contribution < 1.29 is 19.1 Å². The number of para-hydroxylation sites is 1. The summed E-state index contributed by atoms with van der Waals surface area (Å²) in [7, 11) is 1.61. The molecule has 0 spiro atoms. The summed E-state index contributed by atoms with van der Waals surface area (Å²) in [6.07, 6.45) is 2.71. The van der Waals surface area contributed by atoms with E-state index in [9.17, 15) is 9.59 Å². The number of rotatable bonds is 8. The lowest BCUT2D eigenvalue weighted by Crippen LogP contribution is -2.43. The maximum atomic E-state index is 13.4. The first-order valence-electron chi connectivity index (χ1n) is 11.3. The van der Waals surface area contributed by atoms with E-state index in [1.807, 2.05) is 48.5 Å². The molecule has 1 saturated heterocycles. The molecule has 4 rings (SSSR count). The van der Waals surface area contributed by atoms with E-state index in [1.165, 1.54) is 11.8 Å². The summed E-state index contributed by atoms with van der Waals surface area (Å²) in [5.74, 6) is 0.379. The van der Waals surface area contributed by atoms with Crippen LogP contribution in [0.1, 0.15) is 12.0 Å². The number of methoxy groups -OCH3 is 1. The summed E-state index contributed by atoms with van der Waals surface area (Å²) in [5, 5.41) is 2.97. The number of hydrogen-bond acceptors (Lipinski definition) is 6. The van der Waals surface area contributed by atoms with Gasteiger partial charge in [0.05, 0.1) is 35.4 Å². The predicted molar refractivity (Wildman–Crippen MR) is 138 cm³/mol. The van der Waals surface area contributed by atoms with Gasteiger partial charge in [-0.15, -0.1) is 0 Å². The highest BCUT2D eigenvalue weighted by Crippen LogP contribution is 2.42. The second kappa shape index (κ2) is 11.9. The number of ether oxygens (including phenoxy) is 2. The number of amides is 2. The van der Waals surface area contributed by atoms with E-state index in [4.69, 9.17) is 9.47 Å². The Hall–Kier alpha value is -2.33. The van der Waals surface area contributed by atoms with Crippen molar-refractivity contribution in [1.82, 2.24) is 10.2 Å². The Balaban J connectivity index is 1.42. The molecule has 1 N–H and O–H groups in total. The zero-order valence-electron chi connectivity index (χ0n) is 19.1. The number of fused-ring (bicyclic) bond motifs is 1. The first kappa shape index (κ1) is 24.8. The first-order valence-corrected chi connectivity index (χ1v) is 12.9. The van der Waals surface area contributed by atoms with Gasteiger partial charge in [0.15, 0.2) is 0 Å². The first-order chi connectivity index (χ1) is 16.5. The Labute approximate surface area is 212 Å². The molecule has 0 aliphatic carbocycles. The van der Waals surface area contributed by atoms with Crippen LogP contribution in [0.4, 0.5) is 5.69 Å². The fourth-order valence-electron chi connectivity index (χ4n) is 3.90. The van der Waals surface area contributed by atoms with Crippen LogP contribution in [0.25, 0.3) is 6.08 Å². The Morgan fingerprint density at radius 3 is 2.79 bits per heavy atom. The van der Waals surface area contributed by atoms with Crippen LogP contribution in [0.5, 0.6) is 5.75 Å². The van der Waals surface area contributed by atoms with Crippen LogP contribution in [0.2, 0.25) is 0 Å². The predicted octanol–water partition coefficient (Wildman–Crippen LogP) is 3.78. The number of hydrogen-bond donors (Lipinski definition) is 1. The van der Waals surface area contributed by atoms with Crippen LogP contribution < -0.4 is 15.0 Å². The van der Waals surface area contributed by atoms with E-state index in [2.05, 4.69) is 26.1 Å². The highest BCUT2D eigenvalue weighted by Gasteiger charge is 2.30. The summed E-state index contributed by atoms with van der Waals surface area (Å²) >= 11 is 4.91.